The van der Waals surface area contributed by atoms with Crippen LogP contribution in [0.2, 0.25) is 0 Å². The highest BCUT2D eigenvalue weighted by atomic mass is 17.2. The van der Waals surface area contributed by atoms with E-state index in [1.807, 2.05) is 20.8 Å². The van der Waals surface area contributed by atoms with Gasteiger partial charge in [0.2, 0.25) is 0 Å². The molecule has 0 aromatic heterocycles. The molecular weight excluding hydrogens is 288 g/mol. The SMILES string of the molecule is CCC(C)(C)C(=O)OCCCOOC1CCCC(C(=O)O)C1. The molecule has 0 aromatic carbocycles. The number of ether oxygens (including phenoxy) is 1. The topological polar surface area (TPSA) is 82.1 Å². The van der Waals surface area contributed by atoms with Crippen molar-refractivity contribution in [3.8, 4) is 0 Å². The van der Waals surface area contributed by atoms with Crippen LogP contribution in [-0.4, -0.2) is 36.4 Å². The zero-order chi connectivity index (χ0) is 16.6. The van der Waals surface area contributed by atoms with E-state index in [9.17, 15) is 9.59 Å². The van der Waals surface area contributed by atoms with Gasteiger partial charge >= 0.3 is 11.9 Å². The summed E-state index contributed by atoms with van der Waals surface area (Å²) in [6.07, 6.45) is 4.00. The zero-order valence-corrected chi connectivity index (χ0v) is 13.8. The molecule has 2 atom stereocenters. The van der Waals surface area contributed by atoms with Gasteiger partial charge in [0.15, 0.2) is 0 Å². The van der Waals surface area contributed by atoms with Gasteiger partial charge in [0.05, 0.1) is 30.7 Å². The second-order valence-corrected chi connectivity index (χ2v) is 6.47. The molecule has 1 rings (SSSR count). The van der Waals surface area contributed by atoms with Crippen LogP contribution in [0.15, 0.2) is 0 Å². The normalized spacial score (nSPS) is 22.3. The first-order valence-corrected chi connectivity index (χ1v) is 8.05. The Kier molecular flexibility index (Phi) is 7.82. The van der Waals surface area contributed by atoms with E-state index in [2.05, 4.69) is 0 Å². The third-order valence-corrected chi connectivity index (χ3v) is 4.22. The predicted octanol–water partition coefficient (Wildman–Crippen LogP) is 2.95. The summed E-state index contributed by atoms with van der Waals surface area (Å²) in [6.45, 7) is 6.29. The van der Waals surface area contributed by atoms with Gasteiger partial charge in [-0.1, -0.05) is 6.92 Å². The minimum atomic E-state index is -0.765. The van der Waals surface area contributed by atoms with Crippen molar-refractivity contribution >= 4 is 11.9 Å². The number of aliphatic carboxylic acids is 1. The largest absolute Gasteiger partial charge is 0.481 e. The van der Waals surface area contributed by atoms with Gasteiger partial charge in [-0.05, 0) is 46.0 Å². The van der Waals surface area contributed by atoms with Crippen molar-refractivity contribution in [1.29, 1.82) is 0 Å². The van der Waals surface area contributed by atoms with E-state index in [-0.39, 0.29) is 18.0 Å². The first kappa shape index (κ1) is 18.9. The molecule has 0 spiro atoms. The highest BCUT2D eigenvalue weighted by Crippen LogP contribution is 2.26. The fourth-order valence-corrected chi connectivity index (χ4v) is 2.22. The number of rotatable bonds is 9. The lowest BCUT2D eigenvalue weighted by Crippen LogP contribution is -2.28. The van der Waals surface area contributed by atoms with E-state index in [0.29, 0.717) is 32.5 Å². The Morgan fingerprint density at radius 1 is 1.23 bits per heavy atom. The summed E-state index contributed by atoms with van der Waals surface area (Å²) in [4.78, 5) is 33.0. The molecule has 1 aliphatic rings. The second-order valence-electron chi connectivity index (χ2n) is 6.47. The lowest BCUT2D eigenvalue weighted by Gasteiger charge is -2.25. The molecule has 1 N–H and O–H groups in total. The molecule has 22 heavy (non-hydrogen) atoms. The quantitative estimate of drug-likeness (QED) is 0.305. The van der Waals surface area contributed by atoms with E-state index in [4.69, 9.17) is 19.6 Å². The van der Waals surface area contributed by atoms with E-state index < -0.39 is 11.4 Å². The maximum absolute atomic E-state index is 11.7. The number of hydrogen-bond acceptors (Lipinski definition) is 5. The number of hydrogen-bond donors (Lipinski definition) is 1. The Morgan fingerprint density at radius 3 is 2.59 bits per heavy atom. The van der Waals surface area contributed by atoms with Crippen LogP contribution in [0, 0.1) is 11.3 Å². The van der Waals surface area contributed by atoms with Crippen molar-refractivity contribution in [3.05, 3.63) is 0 Å². The van der Waals surface area contributed by atoms with Crippen molar-refractivity contribution in [3.63, 3.8) is 0 Å². The summed E-state index contributed by atoms with van der Waals surface area (Å²) >= 11 is 0. The van der Waals surface area contributed by atoms with Crippen LogP contribution in [0.25, 0.3) is 0 Å². The monoisotopic (exact) mass is 316 g/mol. The number of carbonyl (C=O) groups is 2. The van der Waals surface area contributed by atoms with Gasteiger partial charge in [-0.15, -0.1) is 0 Å². The van der Waals surface area contributed by atoms with Crippen molar-refractivity contribution < 1.29 is 29.2 Å². The number of carboxylic acids is 1. The van der Waals surface area contributed by atoms with Gasteiger partial charge in [-0.2, -0.15) is 0 Å². The number of carboxylic acid groups (broad SMARTS) is 1. The molecule has 6 nitrogen and oxygen atoms in total. The zero-order valence-electron chi connectivity index (χ0n) is 13.8. The van der Waals surface area contributed by atoms with E-state index in [1.165, 1.54) is 0 Å². The van der Waals surface area contributed by atoms with Crippen molar-refractivity contribution in [2.75, 3.05) is 13.2 Å². The Balaban J connectivity index is 2.08. The maximum atomic E-state index is 11.7. The Morgan fingerprint density at radius 2 is 1.95 bits per heavy atom. The summed E-state index contributed by atoms with van der Waals surface area (Å²) in [7, 11) is 0. The van der Waals surface area contributed by atoms with Crippen molar-refractivity contribution in [2.45, 2.75) is 65.4 Å². The lowest BCUT2D eigenvalue weighted by atomic mass is 9.87. The van der Waals surface area contributed by atoms with Crippen LogP contribution in [-0.2, 0) is 24.1 Å². The molecule has 0 amide bonds. The van der Waals surface area contributed by atoms with Gasteiger partial charge in [0, 0.05) is 6.42 Å². The third kappa shape index (κ3) is 6.32. The fourth-order valence-electron chi connectivity index (χ4n) is 2.22. The van der Waals surface area contributed by atoms with Gasteiger partial charge in [-0.3, -0.25) is 9.59 Å². The first-order valence-electron chi connectivity index (χ1n) is 8.05. The van der Waals surface area contributed by atoms with Crippen LogP contribution < -0.4 is 0 Å². The summed E-state index contributed by atoms with van der Waals surface area (Å²) in [5.74, 6) is -1.30. The van der Waals surface area contributed by atoms with E-state index in [0.717, 1.165) is 19.3 Å². The predicted molar refractivity (Wildman–Crippen MR) is 80.1 cm³/mol. The fraction of sp³-hybridized carbons (Fsp3) is 0.875. The van der Waals surface area contributed by atoms with Crippen LogP contribution in [0.1, 0.15) is 59.3 Å². The Labute approximate surface area is 132 Å². The average molecular weight is 316 g/mol. The summed E-state index contributed by atoms with van der Waals surface area (Å²) in [6, 6.07) is 0. The Hall–Kier alpha value is -1.14. The highest BCUT2D eigenvalue weighted by molar-refractivity contribution is 5.75. The van der Waals surface area contributed by atoms with E-state index >= 15 is 0 Å². The summed E-state index contributed by atoms with van der Waals surface area (Å²) in [5.41, 5.74) is -0.453. The first-order chi connectivity index (χ1) is 10.4. The molecule has 1 saturated carbocycles. The summed E-state index contributed by atoms with van der Waals surface area (Å²) < 4.78 is 5.19. The molecule has 0 radical (unpaired) electrons. The maximum Gasteiger partial charge on any atom is 0.311 e. The van der Waals surface area contributed by atoms with Crippen LogP contribution in [0.4, 0.5) is 0 Å². The molecule has 6 heteroatoms. The van der Waals surface area contributed by atoms with Gasteiger partial charge in [-0.25, -0.2) is 9.78 Å². The van der Waals surface area contributed by atoms with Crippen molar-refractivity contribution in [1.82, 2.24) is 0 Å². The molecule has 0 heterocycles. The van der Waals surface area contributed by atoms with Gasteiger partial charge in [0.25, 0.3) is 0 Å². The highest BCUT2D eigenvalue weighted by Gasteiger charge is 2.28. The molecular formula is C16H28O6. The molecule has 128 valence electrons. The third-order valence-electron chi connectivity index (χ3n) is 4.22. The van der Waals surface area contributed by atoms with Gasteiger partial charge < -0.3 is 9.84 Å². The van der Waals surface area contributed by atoms with Crippen LogP contribution in [0.5, 0.6) is 0 Å². The van der Waals surface area contributed by atoms with Crippen LogP contribution >= 0.6 is 0 Å². The molecule has 0 aliphatic heterocycles. The minimum Gasteiger partial charge on any atom is -0.481 e. The van der Waals surface area contributed by atoms with Crippen LogP contribution in [0.3, 0.4) is 0 Å². The molecule has 1 fully saturated rings. The molecule has 0 bridgehead atoms. The second kappa shape index (κ2) is 9.10. The number of esters is 1. The summed E-state index contributed by atoms with van der Waals surface area (Å²) in [5, 5.41) is 8.99. The van der Waals surface area contributed by atoms with Gasteiger partial charge in [0.1, 0.15) is 0 Å². The smallest absolute Gasteiger partial charge is 0.311 e. The molecule has 2 unspecified atom stereocenters. The molecule has 0 aromatic rings. The lowest BCUT2D eigenvalue weighted by molar-refractivity contribution is -0.330. The van der Waals surface area contributed by atoms with E-state index in [1.54, 1.807) is 0 Å². The standard InChI is InChI=1S/C16H28O6/c1-4-16(2,3)15(19)20-9-6-10-21-22-13-8-5-7-12(11-13)14(17)18/h12-13H,4-11H2,1-3H3,(H,17,18). The number of carbonyl (C=O) groups excluding carboxylic acids is 1. The molecule has 1 aliphatic carbocycles. The van der Waals surface area contributed by atoms with Crippen molar-refractivity contribution in [2.24, 2.45) is 11.3 Å². The minimum absolute atomic E-state index is 0.156. The average Bonchev–Trinajstić information content (AvgIpc) is 2.50. The Bertz CT molecular complexity index is 366. The molecule has 0 saturated heterocycles.